The minimum atomic E-state index is 0.870. The fourth-order valence-electron chi connectivity index (χ4n) is 0.236. The molecule has 1 rings (SSSR count). The Balaban J connectivity index is 3.05. The van der Waals surface area contributed by atoms with Crippen molar-refractivity contribution in [2.45, 2.75) is 6.92 Å². The molecule has 0 aliphatic heterocycles. The van der Waals surface area contributed by atoms with Gasteiger partial charge in [-0.25, -0.2) is 0 Å². The molecule has 6 heavy (non-hydrogen) atoms. The van der Waals surface area contributed by atoms with Crippen molar-refractivity contribution in [3.05, 3.63) is 18.4 Å². The van der Waals surface area contributed by atoms with E-state index in [9.17, 15) is 0 Å². The van der Waals surface area contributed by atoms with Crippen LogP contribution >= 0.6 is 0 Å². The van der Waals surface area contributed by atoms with Crippen molar-refractivity contribution in [2.24, 2.45) is 0 Å². The zero-order chi connectivity index (χ0) is 4.41. The molecule has 0 atom stereocenters. The molecule has 0 N–H and O–H groups in total. The second kappa shape index (κ2) is 1.12. The number of aromatic nitrogens is 1. The Bertz CT molecular complexity index is 111. The number of rotatable bonds is 0. The van der Waals surface area contributed by atoms with Crippen molar-refractivity contribution in [3.8, 4) is 0 Å². The highest BCUT2D eigenvalue weighted by molar-refractivity contribution is 4.82. The third-order valence-corrected chi connectivity index (χ3v) is 0.504. The van der Waals surface area contributed by atoms with Gasteiger partial charge in [0, 0.05) is 0 Å². The van der Waals surface area contributed by atoms with Crippen molar-refractivity contribution in [1.82, 2.24) is 4.98 Å². The van der Waals surface area contributed by atoms with Crippen LogP contribution in [0.25, 0.3) is 0 Å². The van der Waals surface area contributed by atoms with E-state index in [-0.39, 0.29) is 0 Å². The number of hydrogen-bond acceptors (Lipinski definition) is 2. The first kappa shape index (κ1) is 3.40. The minimum Gasteiger partial charge on any atom is -0.581 e. The van der Waals surface area contributed by atoms with Crippen molar-refractivity contribution < 1.29 is 4.42 Å². The largest absolute Gasteiger partial charge is 0.581 e. The normalized spacial score (nSPS) is 8.83. The van der Waals surface area contributed by atoms with Gasteiger partial charge in [0.25, 0.3) is 0 Å². The first-order chi connectivity index (χ1) is 2.89. The summed E-state index contributed by atoms with van der Waals surface area (Å²) in [6.45, 7) is 1.85. The first-order valence-electron chi connectivity index (χ1n) is 1.68. The summed E-state index contributed by atoms with van der Waals surface area (Å²) in [7, 11) is 0. The summed E-state index contributed by atoms with van der Waals surface area (Å²) >= 11 is 0. The summed E-state index contributed by atoms with van der Waals surface area (Å²) < 4.78 is 4.48. The van der Waals surface area contributed by atoms with Gasteiger partial charge in [-0.3, -0.25) is 0 Å². The maximum absolute atomic E-state index is 4.48. The lowest BCUT2D eigenvalue weighted by atomic mass is 10.6. The molecule has 2 heteroatoms. The lowest BCUT2D eigenvalue weighted by Crippen LogP contribution is -1.60. The SMILES string of the molecule is Cc1co[c-]n1. The number of nitrogens with zero attached hydrogens (tertiary/aromatic N) is 1. The van der Waals surface area contributed by atoms with Gasteiger partial charge in [-0.1, -0.05) is 12.6 Å². The highest BCUT2D eigenvalue weighted by Crippen LogP contribution is 1.85. The Hall–Kier alpha value is -0.790. The number of oxazole rings is 1. The van der Waals surface area contributed by atoms with E-state index in [1.54, 1.807) is 6.26 Å². The molecular formula is C4H4NO-. The van der Waals surface area contributed by atoms with Crippen LogP contribution in [-0.2, 0) is 0 Å². The quantitative estimate of drug-likeness (QED) is 0.432. The molecule has 0 saturated heterocycles. The molecule has 1 aromatic heterocycles. The first-order valence-corrected chi connectivity index (χ1v) is 1.68. The Morgan fingerprint density at radius 1 is 2.00 bits per heavy atom. The van der Waals surface area contributed by atoms with Crippen molar-refractivity contribution >= 4 is 0 Å². The van der Waals surface area contributed by atoms with Crippen LogP contribution in [0.1, 0.15) is 5.69 Å². The third-order valence-electron chi connectivity index (χ3n) is 0.504. The molecule has 1 aromatic rings. The number of hydrogen-bond donors (Lipinski definition) is 0. The average molecular weight is 82.1 g/mol. The zero-order valence-electron chi connectivity index (χ0n) is 3.43. The summed E-state index contributed by atoms with van der Waals surface area (Å²) in [4.78, 5) is 3.62. The molecule has 0 radical (unpaired) electrons. The monoisotopic (exact) mass is 82.0 g/mol. The summed E-state index contributed by atoms with van der Waals surface area (Å²) in [6, 6.07) is 0. The van der Waals surface area contributed by atoms with Crippen LogP contribution in [0.5, 0.6) is 0 Å². The second-order valence-corrected chi connectivity index (χ2v) is 1.08. The van der Waals surface area contributed by atoms with E-state index in [2.05, 4.69) is 15.8 Å². The van der Waals surface area contributed by atoms with E-state index >= 15 is 0 Å². The lowest BCUT2D eigenvalue weighted by Gasteiger charge is -1.75. The molecule has 0 unspecified atom stereocenters. The molecule has 32 valence electrons. The van der Waals surface area contributed by atoms with E-state index < -0.39 is 0 Å². The van der Waals surface area contributed by atoms with Gasteiger partial charge in [-0.15, -0.1) is 0 Å². The smallest absolute Gasteiger partial charge is 0.102 e. The lowest BCUT2D eigenvalue weighted by molar-refractivity contribution is 0.547. The van der Waals surface area contributed by atoms with Gasteiger partial charge < -0.3 is 9.40 Å². The Morgan fingerprint density at radius 2 is 2.83 bits per heavy atom. The molecule has 2 nitrogen and oxygen atoms in total. The summed E-state index contributed by atoms with van der Waals surface area (Å²) in [5.74, 6) is 0. The van der Waals surface area contributed by atoms with E-state index in [1.165, 1.54) is 0 Å². The molecule has 0 aliphatic rings. The van der Waals surface area contributed by atoms with E-state index in [1.807, 2.05) is 6.92 Å². The molecule has 0 bridgehead atoms. The van der Waals surface area contributed by atoms with Gasteiger partial charge in [-0.05, 0) is 6.26 Å². The number of aryl methyl sites for hydroxylation is 1. The van der Waals surface area contributed by atoms with Gasteiger partial charge in [0.2, 0.25) is 0 Å². The molecule has 0 spiro atoms. The summed E-state index contributed by atoms with van der Waals surface area (Å²) in [6.07, 6.45) is 3.85. The van der Waals surface area contributed by atoms with Gasteiger partial charge in [0.05, 0.1) is 0 Å². The van der Waals surface area contributed by atoms with Gasteiger partial charge in [-0.2, -0.15) is 0 Å². The van der Waals surface area contributed by atoms with Crippen LogP contribution in [0.2, 0.25) is 0 Å². The average Bonchev–Trinajstić information content (AvgIpc) is 1.86. The predicted molar refractivity (Wildman–Crippen MR) is 20.1 cm³/mol. The van der Waals surface area contributed by atoms with E-state index in [0.29, 0.717) is 0 Å². The van der Waals surface area contributed by atoms with Crippen LogP contribution in [0.15, 0.2) is 10.7 Å². The van der Waals surface area contributed by atoms with Gasteiger partial charge >= 0.3 is 0 Å². The molecule has 0 fully saturated rings. The Labute approximate surface area is 35.8 Å². The molecule has 0 saturated carbocycles. The van der Waals surface area contributed by atoms with Crippen molar-refractivity contribution in [1.29, 1.82) is 0 Å². The van der Waals surface area contributed by atoms with Gasteiger partial charge in [0.1, 0.15) is 6.39 Å². The fraction of sp³-hybridized carbons (Fsp3) is 0.250. The van der Waals surface area contributed by atoms with E-state index in [0.717, 1.165) is 5.69 Å². The highest BCUT2D eigenvalue weighted by atomic mass is 16.3. The molecule has 0 amide bonds. The maximum atomic E-state index is 4.48. The fourth-order valence-corrected chi connectivity index (χ4v) is 0.236. The van der Waals surface area contributed by atoms with E-state index in [4.69, 9.17) is 0 Å². The molecule has 0 aliphatic carbocycles. The standard InChI is InChI=1S/C4H4NO/c1-4-2-6-3-5-4/h2H,1H3/q-1. The van der Waals surface area contributed by atoms with Crippen LogP contribution in [-0.4, -0.2) is 4.98 Å². The van der Waals surface area contributed by atoms with Gasteiger partial charge in [0.15, 0.2) is 0 Å². The highest BCUT2D eigenvalue weighted by Gasteiger charge is 1.64. The van der Waals surface area contributed by atoms with Crippen LogP contribution in [0, 0.1) is 13.3 Å². The van der Waals surface area contributed by atoms with Crippen molar-refractivity contribution in [2.75, 3.05) is 0 Å². The second-order valence-electron chi connectivity index (χ2n) is 1.08. The van der Waals surface area contributed by atoms with Crippen LogP contribution in [0.4, 0.5) is 0 Å². The summed E-state index contributed by atoms with van der Waals surface area (Å²) in [5.41, 5.74) is 0.870. The maximum Gasteiger partial charge on any atom is 0.102 e. The topological polar surface area (TPSA) is 26.0 Å². The Morgan fingerprint density at radius 3 is 3.00 bits per heavy atom. The van der Waals surface area contributed by atoms with Crippen LogP contribution in [0.3, 0.4) is 0 Å². The molecule has 1 heterocycles. The van der Waals surface area contributed by atoms with Crippen LogP contribution < -0.4 is 0 Å². The summed E-state index contributed by atoms with van der Waals surface area (Å²) in [5, 5.41) is 0. The Kier molecular flexibility index (Phi) is 0.638. The molecular weight excluding hydrogens is 78.1 g/mol. The molecule has 0 aromatic carbocycles. The third kappa shape index (κ3) is 0.407. The predicted octanol–water partition coefficient (Wildman–Crippen LogP) is 0.783. The van der Waals surface area contributed by atoms with Crippen molar-refractivity contribution in [3.63, 3.8) is 0 Å². The zero-order valence-corrected chi connectivity index (χ0v) is 3.43. The minimum absolute atomic E-state index is 0.870.